The van der Waals surface area contributed by atoms with Gasteiger partial charge in [0.05, 0.1) is 6.42 Å². The number of rotatable bonds is 7. The summed E-state index contributed by atoms with van der Waals surface area (Å²) in [5.41, 5.74) is 0.785. The van der Waals surface area contributed by atoms with E-state index in [4.69, 9.17) is 0 Å². The van der Waals surface area contributed by atoms with Crippen molar-refractivity contribution in [2.24, 2.45) is 5.92 Å². The Hall–Kier alpha value is -2.44. The van der Waals surface area contributed by atoms with Crippen LogP contribution in [0, 0.1) is 11.7 Å². The highest BCUT2D eigenvalue weighted by atomic mass is 19.1. The second kappa shape index (κ2) is 8.97. The molecule has 0 radical (unpaired) electrons. The van der Waals surface area contributed by atoms with Gasteiger partial charge in [0, 0.05) is 45.1 Å². The molecule has 1 aliphatic heterocycles. The highest BCUT2D eigenvalue weighted by Crippen LogP contribution is 2.28. The number of benzene rings is 1. The molecule has 1 N–H and O–H groups in total. The van der Waals surface area contributed by atoms with Crippen molar-refractivity contribution in [1.82, 2.24) is 15.1 Å². The first-order valence-corrected chi connectivity index (χ1v) is 9.60. The molecule has 0 unspecified atom stereocenters. The van der Waals surface area contributed by atoms with Crippen molar-refractivity contribution < 1.29 is 18.8 Å². The second-order valence-electron chi connectivity index (χ2n) is 7.23. The Bertz CT molecular complexity index is 680. The van der Waals surface area contributed by atoms with Crippen LogP contribution in [0.1, 0.15) is 31.2 Å². The van der Waals surface area contributed by atoms with Gasteiger partial charge < -0.3 is 15.1 Å². The minimum absolute atomic E-state index is 0.00324. The zero-order chi connectivity index (χ0) is 19.2. The fourth-order valence-corrected chi connectivity index (χ4v) is 3.19. The number of nitrogens with one attached hydrogen (secondary N) is 1. The van der Waals surface area contributed by atoms with Crippen LogP contribution in [0.15, 0.2) is 24.3 Å². The summed E-state index contributed by atoms with van der Waals surface area (Å²) in [6.07, 6.45) is 3.26. The summed E-state index contributed by atoms with van der Waals surface area (Å²) in [5.74, 6) is 0.0557. The molecule has 146 valence electrons. The normalized spacial score (nSPS) is 16.9. The van der Waals surface area contributed by atoms with Crippen LogP contribution >= 0.6 is 0 Å². The zero-order valence-corrected chi connectivity index (χ0v) is 15.5. The van der Waals surface area contributed by atoms with Crippen molar-refractivity contribution in [3.8, 4) is 0 Å². The summed E-state index contributed by atoms with van der Waals surface area (Å²) in [6.45, 7) is 2.64. The number of carbonyl (C=O) groups excluding carboxylic acids is 3. The monoisotopic (exact) mass is 375 g/mol. The largest absolute Gasteiger partial charge is 0.356 e. The number of halogens is 1. The summed E-state index contributed by atoms with van der Waals surface area (Å²) in [6, 6.07) is 5.95. The standard InChI is InChI=1S/C20H26FN3O3/c21-17-7-3-15(4-8-17)14-19(26)24-12-10-23(11-13-24)18(25)2-1-9-22-20(27)16-5-6-16/h3-4,7-8,16H,1-2,5-6,9-14H2,(H,22,27). The van der Waals surface area contributed by atoms with E-state index in [1.54, 1.807) is 21.9 Å². The maximum Gasteiger partial charge on any atom is 0.227 e. The van der Waals surface area contributed by atoms with Crippen molar-refractivity contribution in [2.45, 2.75) is 32.1 Å². The molecule has 2 aliphatic rings. The molecule has 1 saturated carbocycles. The number of piperazine rings is 1. The highest BCUT2D eigenvalue weighted by molar-refractivity contribution is 5.81. The van der Waals surface area contributed by atoms with E-state index in [1.807, 2.05) is 0 Å². The maximum absolute atomic E-state index is 12.9. The molecule has 1 saturated heterocycles. The number of carbonyl (C=O) groups is 3. The first-order valence-electron chi connectivity index (χ1n) is 9.60. The van der Waals surface area contributed by atoms with Crippen LogP contribution in [0.25, 0.3) is 0 Å². The first kappa shape index (κ1) is 19.3. The number of amides is 3. The SMILES string of the molecule is O=C(NCCCC(=O)N1CCN(C(=O)Cc2ccc(F)cc2)CC1)C1CC1. The predicted molar refractivity (Wildman–Crippen MR) is 98.2 cm³/mol. The molecule has 0 spiro atoms. The molecule has 0 atom stereocenters. The van der Waals surface area contributed by atoms with Gasteiger partial charge in [-0.2, -0.15) is 0 Å². The number of hydrogen-bond acceptors (Lipinski definition) is 3. The summed E-state index contributed by atoms with van der Waals surface area (Å²) >= 11 is 0. The van der Waals surface area contributed by atoms with E-state index in [2.05, 4.69) is 5.32 Å². The third-order valence-electron chi connectivity index (χ3n) is 5.07. The van der Waals surface area contributed by atoms with Gasteiger partial charge in [-0.3, -0.25) is 14.4 Å². The van der Waals surface area contributed by atoms with Gasteiger partial charge in [-0.05, 0) is 37.0 Å². The second-order valence-corrected chi connectivity index (χ2v) is 7.23. The zero-order valence-electron chi connectivity index (χ0n) is 15.5. The van der Waals surface area contributed by atoms with Gasteiger partial charge >= 0.3 is 0 Å². The molecule has 1 aliphatic carbocycles. The summed E-state index contributed by atoms with van der Waals surface area (Å²) in [4.78, 5) is 39.7. The van der Waals surface area contributed by atoms with E-state index in [9.17, 15) is 18.8 Å². The van der Waals surface area contributed by atoms with Crippen LogP contribution in [0.3, 0.4) is 0 Å². The fraction of sp³-hybridized carbons (Fsp3) is 0.550. The Morgan fingerprint density at radius 3 is 2.15 bits per heavy atom. The minimum atomic E-state index is -0.314. The Labute approximate surface area is 158 Å². The Morgan fingerprint density at radius 1 is 0.963 bits per heavy atom. The van der Waals surface area contributed by atoms with Crippen molar-refractivity contribution in [2.75, 3.05) is 32.7 Å². The van der Waals surface area contributed by atoms with Gasteiger partial charge in [0.15, 0.2) is 0 Å². The lowest BCUT2D eigenvalue weighted by molar-refractivity contribution is -0.139. The predicted octanol–water partition coefficient (Wildman–Crippen LogP) is 1.35. The first-order chi connectivity index (χ1) is 13.0. The molecule has 27 heavy (non-hydrogen) atoms. The molecule has 3 rings (SSSR count). The third kappa shape index (κ3) is 5.77. The topological polar surface area (TPSA) is 69.7 Å². The van der Waals surface area contributed by atoms with Crippen molar-refractivity contribution in [3.05, 3.63) is 35.6 Å². The molecule has 1 aromatic rings. The van der Waals surface area contributed by atoms with Crippen molar-refractivity contribution >= 4 is 17.7 Å². The summed E-state index contributed by atoms with van der Waals surface area (Å²) in [7, 11) is 0. The highest BCUT2D eigenvalue weighted by Gasteiger charge is 2.29. The maximum atomic E-state index is 12.9. The lowest BCUT2D eigenvalue weighted by Gasteiger charge is -2.35. The molecule has 2 fully saturated rings. The molecule has 0 aromatic heterocycles. The Kier molecular flexibility index (Phi) is 6.42. The molecule has 1 aromatic carbocycles. The smallest absolute Gasteiger partial charge is 0.227 e. The molecule has 6 nitrogen and oxygen atoms in total. The molecule has 0 bridgehead atoms. The number of hydrogen-bond donors (Lipinski definition) is 1. The van der Waals surface area contributed by atoms with Crippen LogP contribution in [0.4, 0.5) is 4.39 Å². The quantitative estimate of drug-likeness (QED) is 0.732. The summed E-state index contributed by atoms with van der Waals surface area (Å²) < 4.78 is 12.9. The third-order valence-corrected chi connectivity index (χ3v) is 5.07. The average molecular weight is 375 g/mol. The van der Waals surface area contributed by atoms with Crippen LogP contribution in [0.5, 0.6) is 0 Å². The van der Waals surface area contributed by atoms with Gasteiger partial charge in [0.1, 0.15) is 5.82 Å². The van der Waals surface area contributed by atoms with Crippen molar-refractivity contribution in [3.63, 3.8) is 0 Å². The van der Waals surface area contributed by atoms with E-state index in [0.717, 1.165) is 18.4 Å². The van der Waals surface area contributed by atoms with E-state index in [1.165, 1.54) is 12.1 Å². The molecule has 3 amide bonds. The van der Waals surface area contributed by atoms with Crippen LogP contribution in [-0.4, -0.2) is 60.2 Å². The van der Waals surface area contributed by atoms with E-state index < -0.39 is 0 Å². The number of nitrogens with zero attached hydrogens (tertiary/aromatic N) is 2. The van der Waals surface area contributed by atoms with Gasteiger partial charge in [0.25, 0.3) is 0 Å². The Balaban J connectivity index is 1.33. The lowest BCUT2D eigenvalue weighted by atomic mass is 10.1. The van der Waals surface area contributed by atoms with Crippen LogP contribution in [0.2, 0.25) is 0 Å². The minimum Gasteiger partial charge on any atom is -0.356 e. The van der Waals surface area contributed by atoms with Gasteiger partial charge in [-0.1, -0.05) is 12.1 Å². The fourth-order valence-electron chi connectivity index (χ4n) is 3.19. The molecule has 1 heterocycles. The van der Waals surface area contributed by atoms with Gasteiger partial charge in [-0.25, -0.2) is 4.39 Å². The molecule has 7 heteroatoms. The Morgan fingerprint density at radius 2 is 1.56 bits per heavy atom. The molecular weight excluding hydrogens is 349 g/mol. The van der Waals surface area contributed by atoms with E-state index in [0.29, 0.717) is 45.6 Å². The van der Waals surface area contributed by atoms with Gasteiger partial charge in [-0.15, -0.1) is 0 Å². The van der Waals surface area contributed by atoms with E-state index in [-0.39, 0.29) is 35.9 Å². The lowest BCUT2D eigenvalue weighted by Crippen LogP contribution is -2.51. The summed E-state index contributed by atoms with van der Waals surface area (Å²) in [5, 5.41) is 2.87. The van der Waals surface area contributed by atoms with Gasteiger partial charge in [0.2, 0.25) is 17.7 Å². The van der Waals surface area contributed by atoms with Crippen LogP contribution in [-0.2, 0) is 20.8 Å². The van der Waals surface area contributed by atoms with Crippen molar-refractivity contribution in [1.29, 1.82) is 0 Å². The molecular formula is C20H26FN3O3. The average Bonchev–Trinajstić information content (AvgIpc) is 3.52. The van der Waals surface area contributed by atoms with E-state index >= 15 is 0 Å². The van der Waals surface area contributed by atoms with Crippen LogP contribution < -0.4 is 5.32 Å².